The molecule has 4 nitrogen and oxygen atoms in total. The fraction of sp³-hybridized carbons (Fsp3) is 0.143. The summed E-state index contributed by atoms with van der Waals surface area (Å²) in [5.41, 5.74) is 14.6. The third-order valence-electron chi connectivity index (χ3n) is 3.76. The Morgan fingerprint density at radius 1 is 0.846 bits per heavy atom. The molecule has 4 N–H and O–H groups in total. The van der Waals surface area contributed by atoms with E-state index in [0.717, 1.165) is 11.4 Å². The number of hydrogen-bond acceptors (Lipinski definition) is 4. The molecule has 0 saturated heterocycles. The Balaban J connectivity index is 0.00000338. The van der Waals surface area contributed by atoms with Crippen LogP contribution in [0.3, 0.4) is 0 Å². The molecule has 136 valence electrons. The van der Waals surface area contributed by atoms with Crippen molar-refractivity contribution in [1.82, 2.24) is 0 Å². The molecule has 2 rings (SSSR count). The average Bonchev–Trinajstić information content (AvgIpc) is 2.63. The van der Waals surface area contributed by atoms with Gasteiger partial charge in [-0.05, 0) is 37.4 Å². The Morgan fingerprint density at radius 2 is 1.27 bits per heavy atom. The molecule has 5 heteroatoms. The van der Waals surface area contributed by atoms with Gasteiger partial charge in [0.2, 0.25) is 0 Å². The molecule has 0 unspecified atom stereocenters. The molecule has 0 aromatic heterocycles. The van der Waals surface area contributed by atoms with Gasteiger partial charge in [-0.25, -0.2) is 0 Å². The van der Waals surface area contributed by atoms with Gasteiger partial charge in [-0.2, -0.15) is 48.5 Å². The zero-order valence-electron chi connectivity index (χ0n) is 14.8. The summed E-state index contributed by atoms with van der Waals surface area (Å²) in [5, 5.41) is 0. The second kappa shape index (κ2) is 10.5. The minimum Gasteiger partial charge on any atom is -0.401 e. The van der Waals surface area contributed by atoms with E-state index in [1.165, 1.54) is 0 Å². The van der Waals surface area contributed by atoms with Crippen molar-refractivity contribution >= 4 is 23.8 Å². The van der Waals surface area contributed by atoms with E-state index in [9.17, 15) is 0 Å². The molecular formula is C21H22N4Pt. The molecule has 0 amide bonds. The van der Waals surface area contributed by atoms with Crippen molar-refractivity contribution in [2.75, 3.05) is 0 Å². The molecule has 0 saturated carbocycles. The van der Waals surface area contributed by atoms with Gasteiger partial charge in [0, 0.05) is 29.2 Å². The van der Waals surface area contributed by atoms with E-state index >= 15 is 0 Å². The van der Waals surface area contributed by atoms with Gasteiger partial charge in [0.15, 0.2) is 0 Å². The molecule has 0 aliphatic carbocycles. The van der Waals surface area contributed by atoms with Crippen LogP contribution in [0, 0.1) is 17.5 Å². The summed E-state index contributed by atoms with van der Waals surface area (Å²) in [6, 6.07) is 21.0. The normalized spacial score (nSPS) is 13.2. The summed E-state index contributed by atoms with van der Waals surface area (Å²) in [5.74, 6) is 0. The minimum atomic E-state index is -0.515. The maximum atomic E-state index is 6.19. The first kappa shape index (κ1) is 21.6. The van der Waals surface area contributed by atoms with Crippen LogP contribution >= 0.6 is 0 Å². The summed E-state index contributed by atoms with van der Waals surface area (Å²) >= 11 is 0. The number of benzene rings is 2. The van der Waals surface area contributed by atoms with Gasteiger partial charge in [0.1, 0.15) is 0 Å². The molecule has 2 aromatic carbocycles. The minimum absolute atomic E-state index is 0. The molecule has 26 heavy (non-hydrogen) atoms. The predicted octanol–water partition coefficient (Wildman–Crippen LogP) is 4.10. The van der Waals surface area contributed by atoms with Crippen LogP contribution in [0.5, 0.6) is 0 Å². The predicted molar refractivity (Wildman–Crippen MR) is 105 cm³/mol. The molecule has 0 fully saturated rings. The quantitative estimate of drug-likeness (QED) is 0.440. The van der Waals surface area contributed by atoms with Gasteiger partial charge >= 0.3 is 21.1 Å². The standard InChI is InChI=1S/C21H22N4.Pt/c1-21(2,19(22)13-15-24-17-9-5-3-6-10-17)20(23)14-16-25-18-11-7-4-8-12-18;/h3-9,11,13-16H,22-23H2,1-2H3;/q-2;+2/b19-13-,20-14-,24-15?,25-16?;. The number of hydrogen-bond donors (Lipinski definition) is 2. The summed E-state index contributed by atoms with van der Waals surface area (Å²) in [4.78, 5) is 8.59. The van der Waals surface area contributed by atoms with Crippen LogP contribution in [0.1, 0.15) is 13.8 Å². The number of nitrogens with two attached hydrogens (primary N) is 2. The zero-order valence-corrected chi connectivity index (χ0v) is 17.1. The van der Waals surface area contributed by atoms with Crippen LogP contribution in [-0.4, -0.2) is 12.4 Å². The van der Waals surface area contributed by atoms with Crippen LogP contribution in [0.4, 0.5) is 11.4 Å². The van der Waals surface area contributed by atoms with Crippen molar-refractivity contribution in [2.45, 2.75) is 13.8 Å². The number of nitrogens with zero attached hydrogens (tertiary/aromatic N) is 2. The Labute approximate surface area is 169 Å². The summed E-state index contributed by atoms with van der Waals surface area (Å²) in [6.45, 7) is 3.91. The molecule has 0 aliphatic rings. The largest absolute Gasteiger partial charge is 2.00 e. The van der Waals surface area contributed by atoms with Crippen molar-refractivity contribution in [3.8, 4) is 0 Å². The van der Waals surface area contributed by atoms with Crippen molar-refractivity contribution in [1.29, 1.82) is 0 Å². The molecular weight excluding hydrogens is 503 g/mol. The van der Waals surface area contributed by atoms with Gasteiger partial charge < -0.3 is 11.5 Å². The number of allylic oxidation sites excluding steroid dienone is 2. The third-order valence-corrected chi connectivity index (χ3v) is 3.76. The van der Waals surface area contributed by atoms with Crippen molar-refractivity contribution in [2.24, 2.45) is 26.9 Å². The molecule has 0 aliphatic heterocycles. The fourth-order valence-electron chi connectivity index (χ4n) is 1.91. The first-order valence-corrected chi connectivity index (χ1v) is 7.94. The number of para-hydroxylation sites is 2. The Kier molecular flexibility index (Phi) is 8.74. The topological polar surface area (TPSA) is 76.8 Å². The van der Waals surface area contributed by atoms with E-state index < -0.39 is 5.41 Å². The van der Waals surface area contributed by atoms with Crippen LogP contribution in [-0.2, 0) is 21.1 Å². The molecule has 0 radical (unpaired) electrons. The SMILES string of the molecule is CC(C)(/C(N)=C/C=Nc1[c-]cccc1)/C(N)=C/C=Nc1[c-]cccc1.[Pt+2]. The van der Waals surface area contributed by atoms with Gasteiger partial charge in [-0.15, -0.1) is 12.1 Å². The number of rotatable bonds is 6. The van der Waals surface area contributed by atoms with E-state index in [1.807, 2.05) is 62.4 Å². The Bertz CT molecular complexity index is 724. The first-order valence-electron chi connectivity index (χ1n) is 7.94. The molecule has 0 heterocycles. The van der Waals surface area contributed by atoms with Crippen molar-refractivity contribution < 1.29 is 21.1 Å². The molecule has 2 aromatic rings. The van der Waals surface area contributed by atoms with E-state index in [-0.39, 0.29) is 21.1 Å². The van der Waals surface area contributed by atoms with E-state index in [4.69, 9.17) is 11.5 Å². The van der Waals surface area contributed by atoms with Gasteiger partial charge in [-0.1, -0.05) is 0 Å². The third kappa shape index (κ3) is 6.45. The fourth-order valence-corrected chi connectivity index (χ4v) is 1.91. The maximum absolute atomic E-state index is 6.19. The van der Waals surface area contributed by atoms with E-state index in [0.29, 0.717) is 11.4 Å². The monoisotopic (exact) mass is 525 g/mol. The van der Waals surface area contributed by atoms with Crippen molar-refractivity contribution in [3.63, 3.8) is 0 Å². The summed E-state index contributed by atoms with van der Waals surface area (Å²) in [6.07, 6.45) is 6.82. The zero-order chi connectivity index (χ0) is 18.1. The number of aliphatic imine (C=N–C) groups is 2. The van der Waals surface area contributed by atoms with E-state index in [1.54, 1.807) is 24.6 Å². The van der Waals surface area contributed by atoms with Crippen LogP contribution in [0.25, 0.3) is 0 Å². The Morgan fingerprint density at radius 3 is 1.62 bits per heavy atom. The van der Waals surface area contributed by atoms with Gasteiger partial charge in [-0.3, -0.25) is 9.98 Å². The molecule has 0 atom stereocenters. The van der Waals surface area contributed by atoms with Crippen LogP contribution in [0.15, 0.2) is 82.1 Å². The van der Waals surface area contributed by atoms with Gasteiger partial charge in [0.25, 0.3) is 0 Å². The molecule has 0 spiro atoms. The van der Waals surface area contributed by atoms with Gasteiger partial charge in [0.05, 0.1) is 0 Å². The van der Waals surface area contributed by atoms with Crippen molar-refractivity contribution in [3.05, 3.63) is 84.2 Å². The maximum Gasteiger partial charge on any atom is 2.00 e. The second-order valence-electron chi connectivity index (χ2n) is 5.92. The summed E-state index contributed by atoms with van der Waals surface area (Å²) < 4.78 is 0. The summed E-state index contributed by atoms with van der Waals surface area (Å²) in [7, 11) is 0. The van der Waals surface area contributed by atoms with Crippen LogP contribution < -0.4 is 11.5 Å². The average molecular weight is 526 g/mol. The smallest absolute Gasteiger partial charge is 0.401 e. The van der Waals surface area contributed by atoms with Crippen LogP contribution in [0.2, 0.25) is 0 Å². The van der Waals surface area contributed by atoms with E-state index in [2.05, 4.69) is 22.1 Å². The first-order chi connectivity index (χ1) is 12.0. The Hall–Kier alpha value is -2.45. The molecule has 0 bridgehead atoms. The second-order valence-corrected chi connectivity index (χ2v) is 5.92.